The molecule has 0 saturated heterocycles. The fourth-order valence-electron chi connectivity index (χ4n) is 1.93. The lowest BCUT2D eigenvalue weighted by Gasteiger charge is -2.19. The molecule has 5 nitrogen and oxygen atoms in total. The van der Waals surface area contributed by atoms with Crippen LogP contribution in [0.4, 0.5) is 0 Å². The summed E-state index contributed by atoms with van der Waals surface area (Å²) >= 11 is 6.17. The number of ether oxygens (including phenoxy) is 1. The van der Waals surface area contributed by atoms with Crippen LogP contribution in [0.15, 0.2) is 0 Å². The van der Waals surface area contributed by atoms with Crippen molar-refractivity contribution in [1.82, 2.24) is 14.7 Å². The largest absolute Gasteiger partial charge is 0.469 e. The summed E-state index contributed by atoms with van der Waals surface area (Å²) < 4.78 is 6.36. The van der Waals surface area contributed by atoms with Crippen molar-refractivity contribution >= 4 is 17.6 Å². The highest BCUT2D eigenvalue weighted by Crippen LogP contribution is 2.20. The summed E-state index contributed by atoms with van der Waals surface area (Å²) in [5, 5.41) is 4.90. The molecule has 1 aromatic heterocycles. The molecule has 102 valence electrons. The molecule has 1 unspecified atom stereocenters. The van der Waals surface area contributed by atoms with Crippen molar-refractivity contribution in [3.63, 3.8) is 0 Å². The van der Waals surface area contributed by atoms with Gasteiger partial charge in [0, 0.05) is 25.7 Å². The molecule has 1 atom stereocenters. The van der Waals surface area contributed by atoms with E-state index in [0.717, 1.165) is 11.3 Å². The Bertz CT molecular complexity index is 431. The molecule has 0 spiro atoms. The van der Waals surface area contributed by atoms with Crippen LogP contribution in [-0.2, 0) is 23.1 Å². The van der Waals surface area contributed by atoms with E-state index >= 15 is 0 Å². The molecule has 0 aliphatic rings. The van der Waals surface area contributed by atoms with E-state index in [1.807, 2.05) is 32.8 Å². The van der Waals surface area contributed by atoms with Gasteiger partial charge in [-0.1, -0.05) is 18.5 Å². The number of carbonyl (C=O) groups excluding carboxylic acids is 1. The van der Waals surface area contributed by atoms with Crippen LogP contribution in [0.1, 0.15) is 18.2 Å². The van der Waals surface area contributed by atoms with E-state index in [0.29, 0.717) is 18.2 Å². The Hall–Kier alpha value is -1.07. The van der Waals surface area contributed by atoms with Gasteiger partial charge in [0.15, 0.2) is 0 Å². The lowest BCUT2D eigenvalue weighted by Crippen LogP contribution is -2.29. The molecule has 0 aliphatic carbocycles. The first kappa shape index (κ1) is 15.0. The van der Waals surface area contributed by atoms with Gasteiger partial charge in [-0.15, -0.1) is 0 Å². The second-order valence-corrected chi connectivity index (χ2v) is 4.96. The number of aryl methyl sites for hydroxylation is 2. The van der Waals surface area contributed by atoms with E-state index in [4.69, 9.17) is 16.3 Å². The summed E-state index contributed by atoms with van der Waals surface area (Å²) in [6.45, 7) is 5.07. The maximum Gasteiger partial charge on any atom is 0.309 e. The van der Waals surface area contributed by atoms with Crippen LogP contribution in [0.25, 0.3) is 0 Å². The number of hydrogen-bond acceptors (Lipinski definition) is 4. The second kappa shape index (κ2) is 6.20. The molecule has 0 aromatic carbocycles. The Morgan fingerprint density at radius 2 is 2.22 bits per heavy atom. The Balaban J connectivity index is 2.65. The molecule has 18 heavy (non-hydrogen) atoms. The Morgan fingerprint density at radius 3 is 2.67 bits per heavy atom. The van der Waals surface area contributed by atoms with Crippen LogP contribution in [0.3, 0.4) is 0 Å². The van der Waals surface area contributed by atoms with Gasteiger partial charge in [-0.2, -0.15) is 5.10 Å². The van der Waals surface area contributed by atoms with Crippen LogP contribution in [0.5, 0.6) is 0 Å². The Labute approximate surface area is 113 Å². The molecule has 0 radical (unpaired) electrons. The molecule has 0 N–H and O–H groups in total. The van der Waals surface area contributed by atoms with E-state index in [-0.39, 0.29) is 11.9 Å². The van der Waals surface area contributed by atoms with Gasteiger partial charge in [-0.05, 0) is 14.0 Å². The van der Waals surface area contributed by atoms with Crippen LogP contribution in [0, 0.1) is 12.8 Å². The summed E-state index contributed by atoms with van der Waals surface area (Å²) in [7, 11) is 5.17. The van der Waals surface area contributed by atoms with Crippen molar-refractivity contribution in [2.45, 2.75) is 20.4 Å². The number of carbonyl (C=O) groups is 1. The average Bonchev–Trinajstić information content (AvgIpc) is 2.54. The third kappa shape index (κ3) is 3.46. The van der Waals surface area contributed by atoms with Gasteiger partial charge in [-0.3, -0.25) is 9.48 Å². The van der Waals surface area contributed by atoms with Crippen molar-refractivity contribution in [1.29, 1.82) is 0 Å². The van der Waals surface area contributed by atoms with Crippen molar-refractivity contribution in [2.24, 2.45) is 13.0 Å². The molecule has 0 fully saturated rings. The number of hydrogen-bond donors (Lipinski definition) is 0. The minimum absolute atomic E-state index is 0.157. The van der Waals surface area contributed by atoms with Gasteiger partial charge in [0.25, 0.3) is 0 Å². The summed E-state index contributed by atoms with van der Waals surface area (Å²) in [6, 6.07) is 0. The lowest BCUT2D eigenvalue weighted by molar-refractivity contribution is -0.145. The summed E-state index contributed by atoms with van der Waals surface area (Å²) in [5.41, 5.74) is 1.92. The van der Waals surface area contributed by atoms with E-state index in [1.54, 1.807) is 4.68 Å². The maximum atomic E-state index is 11.3. The predicted molar refractivity (Wildman–Crippen MR) is 70.5 cm³/mol. The van der Waals surface area contributed by atoms with Gasteiger partial charge >= 0.3 is 5.97 Å². The zero-order valence-corrected chi connectivity index (χ0v) is 12.3. The van der Waals surface area contributed by atoms with E-state index < -0.39 is 0 Å². The van der Waals surface area contributed by atoms with Crippen molar-refractivity contribution in [2.75, 3.05) is 20.7 Å². The van der Waals surface area contributed by atoms with Gasteiger partial charge < -0.3 is 9.64 Å². The van der Waals surface area contributed by atoms with Gasteiger partial charge in [0.2, 0.25) is 0 Å². The van der Waals surface area contributed by atoms with Crippen LogP contribution in [-0.4, -0.2) is 41.4 Å². The minimum atomic E-state index is -0.198. The van der Waals surface area contributed by atoms with E-state index in [2.05, 4.69) is 5.10 Å². The van der Waals surface area contributed by atoms with Gasteiger partial charge in [0.1, 0.15) is 5.15 Å². The van der Waals surface area contributed by atoms with Crippen LogP contribution >= 0.6 is 11.6 Å². The fraction of sp³-hybridized carbons (Fsp3) is 0.667. The summed E-state index contributed by atoms with van der Waals surface area (Å²) in [6.07, 6.45) is 0. The predicted octanol–water partition coefficient (Wildman–Crippen LogP) is 1.62. The highest BCUT2D eigenvalue weighted by atomic mass is 35.5. The number of halogens is 1. The average molecular weight is 274 g/mol. The van der Waals surface area contributed by atoms with Gasteiger partial charge in [0.05, 0.1) is 18.7 Å². The lowest BCUT2D eigenvalue weighted by atomic mass is 10.1. The molecule has 1 heterocycles. The monoisotopic (exact) mass is 273 g/mol. The Morgan fingerprint density at radius 1 is 1.61 bits per heavy atom. The third-order valence-electron chi connectivity index (χ3n) is 2.89. The van der Waals surface area contributed by atoms with Crippen molar-refractivity contribution in [3.8, 4) is 0 Å². The first-order valence-electron chi connectivity index (χ1n) is 5.81. The van der Waals surface area contributed by atoms with Crippen molar-refractivity contribution in [3.05, 3.63) is 16.4 Å². The number of aromatic nitrogens is 2. The standard InChI is InChI=1S/C12H20ClN3O2/c1-8(12(17)18-5)6-15(3)7-10-9(2)14-16(4)11(10)13/h8H,6-7H2,1-5H3. The van der Waals surface area contributed by atoms with Crippen LogP contribution < -0.4 is 0 Å². The molecule has 0 saturated carbocycles. The SMILES string of the molecule is COC(=O)C(C)CN(C)Cc1c(C)nn(C)c1Cl. The van der Waals surface area contributed by atoms with E-state index in [1.165, 1.54) is 7.11 Å². The summed E-state index contributed by atoms with van der Waals surface area (Å²) in [4.78, 5) is 13.4. The molecule has 0 aliphatic heterocycles. The molecule has 1 rings (SSSR count). The molecule has 1 aromatic rings. The van der Waals surface area contributed by atoms with Crippen molar-refractivity contribution < 1.29 is 9.53 Å². The molecule has 0 bridgehead atoms. The molecule has 0 amide bonds. The first-order chi connectivity index (χ1) is 8.36. The molecule has 6 heteroatoms. The number of methoxy groups -OCH3 is 1. The topological polar surface area (TPSA) is 47.4 Å². The first-order valence-corrected chi connectivity index (χ1v) is 6.19. The van der Waals surface area contributed by atoms with Gasteiger partial charge in [-0.25, -0.2) is 0 Å². The normalized spacial score (nSPS) is 12.8. The molecular formula is C12H20ClN3O2. The zero-order valence-electron chi connectivity index (χ0n) is 11.5. The zero-order chi connectivity index (χ0) is 13.9. The summed E-state index contributed by atoms with van der Waals surface area (Å²) in [5.74, 6) is -0.355. The highest BCUT2D eigenvalue weighted by Gasteiger charge is 2.18. The van der Waals surface area contributed by atoms with E-state index in [9.17, 15) is 4.79 Å². The molecular weight excluding hydrogens is 254 g/mol. The second-order valence-electron chi connectivity index (χ2n) is 4.60. The number of rotatable bonds is 5. The van der Waals surface area contributed by atoms with Crippen LogP contribution in [0.2, 0.25) is 5.15 Å². The fourth-order valence-corrected chi connectivity index (χ4v) is 2.17. The maximum absolute atomic E-state index is 11.3. The highest BCUT2D eigenvalue weighted by molar-refractivity contribution is 6.30. The third-order valence-corrected chi connectivity index (χ3v) is 3.36. The smallest absolute Gasteiger partial charge is 0.309 e. The minimum Gasteiger partial charge on any atom is -0.469 e. The number of nitrogens with zero attached hydrogens (tertiary/aromatic N) is 3. The quantitative estimate of drug-likeness (QED) is 0.765. The Kier molecular flexibility index (Phi) is 5.16. The number of esters is 1.